The Morgan fingerprint density at radius 2 is 1.59 bits per heavy atom. The third-order valence-electron chi connectivity index (χ3n) is 8.85. The first kappa shape index (κ1) is 28.3. The van der Waals surface area contributed by atoms with Gasteiger partial charge in [0.15, 0.2) is 0 Å². The van der Waals surface area contributed by atoms with Crippen molar-refractivity contribution < 1.29 is 23.7 Å². The monoisotopic (exact) mass is 574 g/mol. The van der Waals surface area contributed by atoms with E-state index in [-0.39, 0.29) is 35.9 Å². The highest BCUT2D eigenvalue weighted by molar-refractivity contribution is 7.73. The van der Waals surface area contributed by atoms with E-state index in [0.717, 1.165) is 62.7 Å². The Hall–Kier alpha value is -2.21. The van der Waals surface area contributed by atoms with E-state index in [2.05, 4.69) is 5.32 Å². The van der Waals surface area contributed by atoms with Crippen LogP contribution in [0.3, 0.4) is 0 Å². The molecule has 1 aliphatic heterocycles. The van der Waals surface area contributed by atoms with Crippen LogP contribution in [0.1, 0.15) is 76.2 Å². The van der Waals surface area contributed by atoms with Crippen LogP contribution in [0.4, 0.5) is 10.1 Å². The molecule has 1 saturated heterocycles. The van der Waals surface area contributed by atoms with E-state index in [9.17, 15) is 23.7 Å². The Labute approximate surface area is 234 Å². The summed E-state index contributed by atoms with van der Waals surface area (Å²) in [5, 5.41) is 14.7. The lowest BCUT2D eigenvalue weighted by molar-refractivity contribution is -0.149. The average molecular weight is 575 g/mol. The molecule has 0 aromatic heterocycles. The summed E-state index contributed by atoms with van der Waals surface area (Å²) in [6.45, 7) is 0.106. The smallest absolute Gasteiger partial charge is 0.268 e. The number of hydrogen-bond donors (Lipinski definition) is 2. The van der Waals surface area contributed by atoms with Crippen molar-refractivity contribution in [3.8, 4) is 0 Å². The normalized spacial score (nSPS) is 23.3. The van der Waals surface area contributed by atoms with Crippen molar-refractivity contribution in [2.75, 3.05) is 11.4 Å². The SMILES string of the molecule is O=C(NCc1cc(F)cc(Cl)c1)[C@@]1(O)CCN(c2ccc(P(=O)(C3CCCCC3)C3CCCCC3)cc2)C1=O. The van der Waals surface area contributed by atoms with Crippen molar-refractivity contribution in [2.45, 2.75) is 94.1 Å². The fraction of sp³-hybridized carbons (Fsp3) is 0.533. The molecule has 2 aromatic rings. The van der Waals surface area contributed by atoms with Crippen molar-refractivity contribution >= 4 is 41.5 Å². The topological polar surface area (TPSA) is 86.7 Å². The van der Waals surface area contributed by atoms with Gasteiger partial charge >= 0.3 is 0 Å². The first-order valence-corrected chi connectivity index (χ1v) is 16.4. The molecular formula is C30H37ClFN2O4P. The van der Waals surface area contributed by atoms with Gasteiger partial charge in [0.25, 0.3) is 11.8 Å². The lowest BCUT2D eigenvalue weighted by atomic mass is 9.99. The number of benzene rings is 2. The Bertz CT molecular complexity index is 1220. The number of nitrogens with one attached hydrogen (secondary N) is 1. The van der Waals surface area contributed by atoms with Crippen LogP contribution in [0.5, 0.6) is 0 Å². The minimum absolute atomic E-state index is 0.0635. The summed E-state index contributed by atoms with van der Waals surface area (Å²) in [4.78, 5) is 27.5. The zero-order valence-corrected chi connectivity index (χ0v) is 23.9. The first-order valence-electron chi connectivity index (χ1n) is 14.2. The minimum atomic E-state index is -2.63. The van der Waals surface area contributed by atoms with Crippen LogP contribution in [0.15, 0.2) is 42.5 Å². The summed E-state index contributed by atoms with van der Waals surface area (Å²) in [7, 11) is -2.63. The van der Waals surface area contributed by atoms with Gasteiger partial charge in [0.05, 0.1) is 0 Å². The third kappa shape index (κ3) is 5.68. The van der Waals surface area contributed by atoms with E-state index in [1.165, 1.54) is 29.9 Å². The van der Waals surface area contributed by atoms with Crippen LogP contribution in [-0.2, 0) is 20.7 Å². The highest BCUT2D eigenvalue weighted by Gasteiger charge is 2.52. The zero-order chi connectivity index (χ0) is 27.6. The van der Waals surface area contributed by atoms with Gasteiger partial charge in [0.1, 0.15) is 13.0 Å². The lowest BCUT2D eigenvalue weighted by Crippen LogP contribution is -2.52. The van der Waals surface area contributed by atoms with E-state index in [1.54, 1.807) is 0 Å². The van der Waals surface area contributed by atoms with Gasteiger partial charge in [-0.15, -0.1) is 0 Å². The molecule has 0 radical (unpaired) electrons. The molecule has 0 spiro atoms. The van der Waals surface area contributed by atoms with Crippen LogP contribution in [0, 0.1) is 5.82 Å². The zero-order valence-electron chi connectivity index (χ0n) is 22.2. The molecule has 2 saturated carbocycles. The van der Waals surface area contributed by atoms with Crippen LogP contribution >= 0.6 is 18.7 Å². The summed E-state index contributed by atoms with van der Waals surface area (Å²) in [5.74, 6) is -2.06. The average Bonchev–Trinajstić information content (AvgIpc) is 3.26. The summed E-state index contributed by atoms with van der Waals surface area (Å²) in [6.07, 6.45) is 11.0. The van der Waals surface area contributed by atoms with E-state index >= 15 is 0 Å². The van der Waals surface area contributed by atoms with E-state index in [1.807, 2.05) is 24.3 Å². The minimum Gasteiger partial charge on any atom is -0.372 e. The number of carbonyl (C=O) groups excluding carboxylic acids is 2. The molecular weight excluding hydrogens is 538 g/mol. The standard InChI is InChI=1S/C30H37ClFN2O4P/c31-22-17-21(18-23(32)19-22)20-33-28(35)30(37)15-16-34(29(30)36)24-11-13-27(14-12-24)39(38,25-7-3-1-4-8-25)26-9-5-2-6-10-26/h11-14,17-19,25-26,37H,1-10,15-16,20H2,(H,33,35)/t30-/m0/s1. The summed E-state index contributed by atoms with van der Waals surface area (Å²) in [5.41, 5.74) is -0.751. The van der Waals surface area contributed by atoms with Gasteiger partial charge < -0.3 is 19.9 Å². The number of hydrogen-bond acceptors (Lipinski definition) is 4. The maximum Gasteiger partial charge on any atom is 0.268 e. The summed E-state index contributed by atoms with van der Waals surface area (Å²) >= 11 is 5.88. The highest BCUT2D eigenvalue weighted by atomic mass is 35.5. The Morgan fingerprint density at radius 1 is 1.00 bits per heavy atom. The molecule has 3 aliphatic rings. The number of rotatable bonds is 7. The van der Waals surface area contributed by atoms with Gasteiger partial charge in [-0.25, -0.2) is 4.39 Å². The molecule has 39 heavy (non-hydrogen) atoms. The number of amides is 2. The second-order valence-electron chi connectivity index (χ2n) is 11.3. The maximum atomic E-state index is 14.8. The second-order valence-corrected chi connectivity index (χ2v) is 15.2. The molecule has 0 bridgehead atoms. The number of halogens is 2. The molecule has 2 aliphatic carbocycles. The van der Waals surface area contributed by atoms with Gasteiger partial charge in [0.2, 0.25) is 5.60 Å². The molecule has 1 heterocycles. The number of aliphatic hydroxyl groups is 1. The van der Waals surface area contributed by atoms with Crippen LogP contribution in [0.25, 0.3) is 0 Å². The summed E-state index contributed by atoms with van der Waals surface area (Å²) in [6, 6.07) is 11.4. The molecule has 2 amide bonds. The predicted octanol–water partition coefficient (Wildman–Crippen LogP) is 5.92. The largest absolute Gasteiger partial charge is 0.372 e. The van der Waals surface area contributed by atoms with Crippen molar-refractivity contribution in [1.29, 1.82) is 0 Å². The Balaban J connectivity index is 1.31. The first-order chi connectivity index (χ1) is 18.7. The lowest BCUT2D eigenvalue weighted by Gasteiger charge is -2.38. The van der Waals surface area contributed by atoms with Crippen molar-refractivity contribution in [3.05, 3.63) is 58.9 Å². The molecule has 0 unspecified atom stereocenters. The number of nitrogens with zero attached hydrogens (tertiary/aromatic N) is 1. The van der Waals surface area contributed by atoms with Gasteiger partial charge in [0, 0.05) is 46.8 Å². The van der Waals surface area contributed by atoms with Crippen LogP contribution in [0.2, 0.25) is 5.02 Å². The second kappa shape index (κ2) is 11.7. The highest BCUT2D eigenvalue weighted by Crippen LogP contribution is 2.61. The molecule has 210 valence electrons. The molecule has 1 atom stereocenters. The fourth-order valence-electron chi connectivity index (χ4n) is 6.72. The van der Waals surface area contributed by atoms with Gasteiger partial charge in [-0.3, -0.25) is 9.59 Å². The van der Waals surface area contributed by atoms with Gasteiger partial charge in [-0.2, -0.15) is 0 Å². The van der Waals surface area contributed by atoms with E-state index in [4.69, 9.17) is 11.6 Å². The van der Waals surface area contributed by atoms with Gasteiger partial charge in [-0.1, -0.05) is 50.1 Å². The Kier molecular flexibility index (Phi) is 8.51. The maximum absolute atomic E-state index is 14.8. The van der Waals surface area contributed by atoms with Crippen molar-refractivity contribution in [1.82, 2.24) is 5.32 Å². The fourth-order valence-corrected chi connectivity index (χ4v) is 11.3. The molecule has 2 aromatic carbocycles. The number of anilines is 1. The molecule has 5 rings (SSSR count). The molecule has 6 nitrogen and oxygen atoms in total. The van der Waals surface area contributed by atoms with Crippen LogP contribution in [-0.4, -0.2) is 40.4 Å². The summed E-state index contributed by atoms with van der Waals surface area (Å²) < 4.78 is 28.5. The third-order valence-corrected chi connectivity index (χ3v) is 13.4. The molecule has 2 N–H and O–H groups in total. The van der Waals surface area contributed by atoms with Crippen molar-refractivity contribution in [2.24, 2.45) is 0 Å². The van der Waals surface area contributed by atoms with E-state index < -0.39 is 30.4 Å². The van der Waals surface area contributed by atoms with Gasteiger partial charge in [-0.05, 0) is 73.7 Å². The quantitative estimate of drug-likeness (QED) is 0.318. The van der Waals surface area contributed by atoms with Crippen LogP contribution < -0.4 is 15.5 Å². The molecule has 9 heteroatoms. The van der Waals surface area contributed by atoms with E-state index in [0.29, 0.717) is 11.3 Å². The predicted molar refractivity (Wildman–Crippen MR) is 153 cm³/mol. The Morgan fingerprint density at radius 3 is 2.15 bits per heavy atom. The number of carbonyl (C=O) groups is 2. The molecule has 3 fully saturated rings. The van der Waals surface area contributed by atoms with Crippen molar-refractivity contribution in [3.63, 3.8) is 0 Å².